The van der Waals surface area contributed by atoms with Gasteiger partial charge in [-0.1, -0.05) is 12.1 Å². The first kappa shape index (κ1) is 15.8. The Balaban J connectivity index is 1.74. The lowest BCUT2D eigenvalue weighted by molar-refractivity contribution is -0.384. The largest absolute Gasteiger partial charge is 0.508 e. The highest BCUT2D eigenvalue weighted by molar-refractivity contribution is 5.63. The lowest BCUT2D eigenvalue weighted by atomic mass is 9.89. The number of hydrogen-bond donors (Lipinski definition) is 1. The van der Waals surface area contributed by atoms with Crippen LogP contribution < -0.4 is 4.90 Å². The Hall–Kier alpha value is -3.07. The maximum Gasteiger partial charge on any atom is 0.270 e. The number of hydrogen-bond acceptors (Lipinski definition) is 5. The molecule has 0 saturated carbocycles. The average Bonchev–Trinajstić information content (AvgIpc) is 2.62. The van der Waals surface area contributed by atoms with E-state index in [-0.39, 0.29) is 11.4 Å². The van der Waals surface area contributed by atoms with E-state index in [1.807, 2.05) is 12.1 Å². The first-order valence-corrected chi connectivity index (χ1v) is 7.81. The summed E-state index contributed by atoms with van der Waals surface area (Å²) >= 11 is 0. The van der Waals surface area contributed by atoms with E-state index in [0.29, 0.717) is 11.5 Å². The zero-order chi connectivity index (χ0) is 17.1. The molecule has 1 saturated heterocycles. The Morgan fingerprint density at radius 3 is 2.42 bits per heavy atom. The van der Waals surface area contributed by atoms with E-state index in [2.05, 4.69) is 11.0 Å². The van der Waals surface area contributed by atoms with E-state index >= 15 is 0 Å². The normalized spacial score (nSPS) is 15.0. The monoisotopic (exact) mass is 323 g/mol. The molecule has 1 fully saturated rings. The smallest absolute Gasteiger partial charge is 0.270 e. The quantitative estimate of drug-likeness (QED) is 0.689. The fraction of sp³-hybridized carbons (Fsp3) is 0.278. The second-order valence-electron chi connectivity index (χ2n) is 5.92. The van der Waals surface area contributed by atoms with Crippen LogP contribution in [0.2, 0.25) is 0 Å². The maximum absolute atomic E-state index is 10.8. The molecule has 0 atom stereocenters. The van der Waals surface area contributed by atoms with Gasteiger partial charge in [0, 0.05) is 25.2 Å². The van der Waals surface area contributed by atoms with Crippen LogP contribution >= 0.6 is 0 Å². The van der Waals surface area contributed by atoms with Gasteiger partial charge in [0.15, 0.2) is 0 Å². The van der Waals surface area contributed by atoms with Gasteiger partial charge in [-0.15, -0.1) is 0 Å². The first-order chi connectivity index (χ1) is 11.6. The number of phenols is 1. The predicted molar refractivity (Wildman–Crippen MR) is 90.1 cm³/mol. The zero-order valence-corrected chi connectivity index (χ0v) is 13.1. The molecule has 1 N–H and O–H groups in total. The summed E-state index contributed by atoms with van der Waals surface area (Å²) < 4.78 is 0. The number of phenolic OH excluding ortho intramolecular Hbond substituents is 1. The Kier molecular flexibility index (Phi) is 4.34. The minimum Gasteiger partial charge on any atom is -0.508 e. The maximum atomic E-state index is 10.8. The summed E-state index contributed by atoms with van der Waals surface area (Å²) in [5.41, 5.74) is 2.24. The molecule has 6 nitrogen and oxygen atoms in total. The molecule has 122 valence electrons. The number of rotatable bonds is 3. The van der Waals surface area contributed by atoms with Gasteiger partial charge in [0.05, 0.1) is 16.2 Å². The molecule has 1 heterocycles. The summed E-state index contributed by atoms with van der Waals surface area (Å²) in [6, 6.07) is 13.8. The van der Waals surface area contributed by atoms with Crippen LogP contribution in [-0.4, -0.2) is 23.1 Å². The summed E-state index contributed by atoms with van der Waals surface area (Å²) in [6.45, 7) is 1.58. The van der Waals surface area contributed by atoms with Crippen LogP contribution in [0.25, 0.3) is 0 Å². The molecule has 3 rings (SSSR count). The number of anilines is 1. The van der Waals surface area contributed by atoms with E-state index in [1.165, 1.54) is 17.7 Å². The van der Waals surface area contributed by atoms with Crippen molar-refractivity contribution in [3.05, 3.63) is 63.7 Å². The van der Waals surface area contributed by atoms with Crippen LogP contribution in [-0.2, 0) is 0 Å². The second kappa shape index (κ2) is 6.59. The van der Waals surface area contributed by atoms with Gasteiger partial charge in [-0.3, -0.25) is 10.1 Å². The number of nitro benzene ring substituents is 1. The Morgan fingerprint density at radius 2 is 1.83 bits per heavy atom. The molecule has 0 spiro atoms. The highest BCUT2D eigenvalue weighted by Gasteiger charge is 2.23. The van der Waals surface area contributed by atoms with Crippen molar-refractivity contribution >= 4 is 11.4 Å². The number of nitro groups is 1. The fourth-order valence-electron chi connectivity index (χ4n) is 3.20. The fourth-order valence-corrected chi connectivity index (χ4v) is 3.20. The third-order valence-corrected chi connectivity index (χ3v) is 4.51. The number of aromatic hydroxyl groups is 1. The lowest BCUT2D eigenvalue weighted by Crippen LogP contribution is -2.33. The third-order valence-electron chi connectivity index (χ3n) is 4.51. The summed E-state index contributed by atoms with van der Waals surface area (Å²) in [4.78, 5) is 12.5. The molecule has 0 bridgehead atoms. The van der Waals surface area contributed by atoms with E-state index < -0.39 is 4.92 Å². The number of benzene rings is 2. The molecule has 0 amide bonds. The Labute approximate surface area is 139 Å². The minimum absolute atomic E-state index is 0.0609. The van der Waals surface area contributed by atoms with E-state index in [1.54, 1.807) is 18.2 Å². The van der Waals surface area contributed by atoms with E-state index in [4.69, 9.17) is 0 Å². The number of nitrogens with zero attached hydrogens (tertiary/aromatic N) is 3. The lowest BCUT2D eigenvalue weighted by Gasteiger charge is -2.34. The predicted octanol–water partition coefficient (Wildman–Crippen LogP) is 3.56. The summed E-state index contributed by atoms with van der Waals surface area (Å²) in [6.07, 6.45) is 1.87. The van der Waals surface area contributed by atoms with Gasteiger partial charge in [-0.05, 0) is 42.5 Å². The van der Waals surface area contributed by atoms with Gasteiger partial charge in [0.1, 0.15) is 11.8 Å². The minimum atomic E-state index is -0.484. The molecular formula is C18H17N3O3. The number of non-ortho nitro benzene ring substituents is 1. The highest BCUT2D eigenvalue weighted by atomic mass is 16.6. The van der Waals surface area contributed by atoms with Gasteiger partial charge < -0.3 is 10.0 Å². The molecular weight excluding hydrogens is 306 g/mol. The standard InChI is InChI=1S/C18H17N3O3/c19-12-15-11-16(21(23)24)3-6-18(15)20-9-7-14(8-10-20)13-1-4-17(22)5-2-13/h1-6,11,14,22H,7-10H2. The van der Waals surface area contributed by atoms with Gasteiger partial charge in [0.2, 0.25) is 0 Å². The summed E-state index contributed by atoms with van der Waals surface area (Å²) in [5, 5.41) is 29.5. The van der Waals surface area contributed by atoms with Crippen molar-refractivity contribution in [1.29, 1.82) is 5.26 Å². The SMILES string of the molecule is N#Cc1cc([N+](=O)[O-])ccc1N1CCC(c2ccc(O)cc2)CC1. The van der Waals surface area contributed by atoms with Gasteiger partial charge in [-0.25, -0.2) is 0 Å². The highest BCUT2D eigenvalue weighted by Crippen LogP contribution is 2.33. The Morgan fingerprint density at radius 1 is 1.17 bits per heavy atom. The van der Waals surface area contributed by atoms with Gasteiger partial charge in [0.25, 0.3) is 5.69 Å². The van der Waals surface area contributed by atoms with Crippen LogP contribution in [0.4, 0.5) is 11.4 Å². The first-order valence-electron chi connectivity index (χ1n) is 7.81. The van der Waals surface area contributed by atoms with Crippen molar-refractivity contribution < 1.29 is 10.0 Å². The molecule has 0 radical (unpaired) electrons. The average molecular weight is 323 g/mol. The van der Waals surface area contributed by atoms with Gasteiger partial charge in [-0.2, -0.15) is 5.26 Å². The topological polar surface area (TPSA) is 90.4 Å². The van der Waals surface area contributed by atoms with Crippen molar-refractivity contribution in [3.8, 4) is 11.8 Å². The summed E-state index contributed by atoms with van der Waals surface area (Å²) in [7, 11) is 0. The zero-order valence-electron chi connectivity index (χ0n) is 13.1. The van der Waals surface area contributed by atoms with Crippen LogP contribution in [0.15, 0.2) is 42.5 Å². The molecule has 1 aliphatic heterocycles. The van der Waals surface area contributed by atoms with Crippen LogP contribution in [0.1, 0.15) is 29.9 Å². The molecule has 2 aromatic carbocycles. The molecule has 0 aromatic heterocycles. The van der Waals surface area contributed by atoms with Crippen LogP contribution in [0.3, 0.4) is 0 Å². The second-order valence-corrected chi connectivity index (χ2v) is 5.92. The van der Waals surface area contributed by atoms with Crippen molar-refractivity contribution in [2.45, 2.75) is 18.8 Å². The molecule has 2 aromatic rings. The molecule has 1 aliphatic rings. The van der Waals surface area contributed by atoms with Crippen LogP contribution in [0, 0.1) is 21.4 Å². The van der Waals surface area contributed by atoms with Crippen molar-refractivity contribution in [2.75, 3.05) is 18.0 Å². The molecule has 24 heavy (non-hydrogen) atoms. The van der Waals surface area contributed by atoms with E-state index in [9.17, 15) is 20.5 Å². The van der Waals surface area contributed by atoms with Crippen molar-refractivity contribution in [1.82, 2.24) is 0 Å². The summed E-state index contributed by atoms with van der Waals surface area (Å²) in [5.74, 6) is 0.686. The molecule has 0 unspecified atom stereocenters. The Bertz CT molecular complexity index is 788. The van der Waals surface area contributed by atoms with Gasteiger partial charge >= 0.3 is 0 Å². The van der Waals surface area contributed by atoms with Crippen molar-refractivity contribution in [3.63, 3.8) is 0 Å². The van der Waals surface area contributed by atoms with Crippen LogP contribution in [0.5, 0.6) is 5.75 Å². The van der Waals surface area contributed by atoms with Crippen molar-refractivity contribution in [2.24, 2.45) is 0 Å². The molecule has 6 heteroatoms. The third kappa shape index (κ3) is 3.15. The number of nitriles is 1. The number of piperidine rings is 1. The van der Waals surface area contributed by atoms with E-state index in [0.717, 1.165) is 31.6 Å². The molecule has 0 aliphatic carbocycles.